The highest BCUT2D eigenvalue weighted by Gasteiger charge is 2.56. The van der Waals surface area contributed by atoms with Crippen LogP contribution in [0.15, 0.2) is 47.6 Å². The molecule has 1 fully saturated rings. The first kappa shape index (κ1) is 17.1. The third-order valence-corrected chi connectivity index (χ3v) is 4.66. The van der Waals surface area contributed by atoms with Crippen LogP contribution in [0.3, 0.4) is 0 Å². The quantitative estimate of drug-likeness (QED) is 0.456. The van der Waals surface area contributed by atoms with Crippen LogP contribution >= 0.6 is 11.6 Å². The second kappa shape index (κ2) is 6.13. The van der Waals surface area contributed by atoms with E-state index in [0.29, 0.717) is 5.56 Å². The van der Waals surface area contributed by atoms with E-state index < -0.39 is 40.3 Å². The van der Waals surface area contributed by atoms with E-state index in [1.165, 1.54) is 36.4 Å². The van der Waals surface area contributed by atoms with Crippen LogP contribution in [0.4, 0.5) is 15.8 Å². The predicted molar refractivity (Wildman–Crippen MR) is 91.9 cm³/mol. The molecule has 2 heterocycles. The van der Waals surface area contributed by atoms with Crippen LogP contribution < -0.4 is 4.90 Å². The number of carbonyl (C=O) groups excluding carboxylic acids is 2. The number of benzene rings is 2. The van der Waals surface area contributed by atoms with Crippen molar-refractivity contribution in [1.82, 2.24) is 0 Å². The maximum Gasteiger partial charge on any atom is 0.289 e. The molecule has 0 saturated carbocycles. The topological polar surface area (TPSA) is 102 Å². The number of nitro benzene ring substituents is 1. The zero-order valence-electron chi connectivity index (χ0n) is 13.3. The first-order chi connectivity index (χ1) is 12.9. The van der Waals surface area contributed by atoms with Crippen molar-refractivity contribution in [3.8, 4) is 0 Å². The molecule has 0 bridgehead atoms. The molecule has 2 amide bonds. The van der Waals surface area contributed by atoms with E-state index in [1.807, 2.05) is 0 Å². The van der Waals surface area contributed by atoms with Crippen molar-refractivity contribution in [3.63, 3.8) is 0 Å². The number of hydrogen-bond acceptors (Lipinski definition) is 6. The second-order valence-electron chi connectivity index (χ2n) is 5.89. The van der Waals surface area contributed by atoms with Crippen molar-refractivity contribution in [2.75, 3.05) is 4.90 Å². The monoisotopic (exact) mass is 389 g/mol. The number of amides is 2. The Morgan fingerprint density at radius 2 is 1.85 bits per heavy atom. The SMILES string of the molecule is O=C1[C@H]2C(c3ccc(F)cc3)=NO[C@H]2C(=O)N1c1ccc(Cl)c([N+](=O)[O-])c1. The summed E-state index contributed by atoms with van der Waals surface area (Å²) in [6.07, 6.45) is -1.17. The van der Waals surface area contributed by atoms with Gasteiger partial charge in [-0.3, -0.25) is 19.7 Å². The van der Waals surface area contributed by atoms with Crippen molar-refractivity contribution in [2.24, 2.45) is 11.1 Å². The molecule has 0 unspecified atom stereocenters. The molecule has 2 aliphatic rings. The van der Waals surface area contributed by atoms with Gasteiger partial charge in [0, 0.05) is 11.6 Å². The molecule has 1 saturated heterocycles. The van der Waals surface area contributed by atoms with Crippen LogP contribution in [-0.4, -0.2) is 28.6 Å². The summed E-state index contributed by atoms with van der Waals surface area (Å²) in [5, 5.41) is 14.8. The van der Waals surface area contributed by atoms with Crippen molar-refractivity contribution < 1.29 is 23.7 Å². The first-order valence-corrected chi connectivity index (χ1v) is 8.07. The van der Waals surface area contributed by atoms with E-state index in [9.17, 15) is 24.1 Å². The number of fused-ring (bicyclic) bond motifs is 1. The zero-order chi connectivity index (χ0) is 19.3. The molecule has 27 heavy (non-hydrogen) atoms. The standard InChI is InChI=1S/C17H9ClFN3O5/c18-11-6-5-10(7-12(11)22(25)26)21-16(23)13-14(20-27-15(13)17(21)24)8-1-3-9(19)4-2-8/h1-7,13,15H/t13-,15+/m0/s1. The van der Waals surface area contributed by atoms with Gasteiger partial charge in [0.25, 0.3) is 11.6 Å². The predicted octanol–water partition coefficient (Wildman–Crippen LogP) is 2.68. The normalized spacial score (nSPS) is 21.1. The fourth-order valence-corrected chi connectivity index (χ4v) is 3.26. The lowest BCUT2D eigenvalue weighted by Gasteiger charge is -2.15. The molecule has 2 aliphatic heterocycles. The Labute approximate surface area is 155 Å². The molecule has 4 rings (SSSR count). The summed E-state index contributed by atoms with van der Waals surface area (Å²) in [6.45, 7) is 0. The summed E-state index contributed by atoms with van der Waals surface area (Å²) in [4.78, 5) is 41.8. The van der Waals surface area contributed by atoms with Gasteiger partial charge in [0.05, 0.1) is 10.6 Å². The lowest BCUT2D eigenvalue weighted by atomic mass is 9.94. The molecule has 0 aliphatic carbocycles. The molecular weight excluding hydrogens is 381 g/mol. The molecule has 2 aromatic rings. The van der Waals surface area contributed by atoms with Gasteiger partial charge in [-0.25, -0.2) is 9.29 Å². The van der Waals surface area contributed by atoms with Gasteiger partial charge in [0.1, 0.15) is 22.5 Å². The van der Waals surface area contributed by atoms with Gasteiger partial charge < -0.3 is 4.84 Å². The largest absolute Gasteiger partial charge is 0.381 e. The van der Waals surface area contributed by atoms with Gasteiger partial charge in [-0.05, 0) is 24.3 Å². The molecule has 0 spiro atoms. The molecule has 0 aromatic heterocycles. The highest BCUT2D eigenvalue weighted by atomic mass is 35.5. The van der Waals surface area contributed by atoms with Gasteiger partial charge in [-0.1, -0.05) is 28.9 Å². The van der Waals surface area contributed by atoms with Gasteiger partial charge in [-0.2, -0.15) is 0 Å². The molecule has 0 N–H and O–H groups in total. The van der Waals surface area contributed by atoms with E-state index in [-0.39, 0.29) is 16.4 Å². The Hall–Kier alpha value is -3.33. The lowest BCUT2D eigenvalue weighted by Crippen LogP contribution is -2.33. The van der Waals surface area contributed by atoms with Crippen molar-refractivity contribution in [1.29, 1.82) is 0 Å². The van der Waals surface area contributed by atoms with Crippen LogP contribution in [0.2, 0.25) is 5.02 Å². The van der Waals surface area contributed by atoms with Crippen LogP contribution in [0.1, 0.15) is 5.56 Å². The second-order valence-corrected chi connectivity index (χ2v) is 6.30. The minimum Gasteiger partial charge on any atom is -0.381 e. The van der Waals surface area contributed by atoms with E-state index >= 15 is 0 Å². The minimum atomic E-state index is -1.17. The Morgan fingerprint density at radius 3 is 2.52 bits per heavy atom. The third kappa shape index (κ3) is 2.63. The molecule has 2 atom stereocenters. The number of nitrogens with zero attached hydrogens (tertiary/aromatic N) is 3. The Bertz CT molecular complexity index is 1020. The maximum atomic E-state index is 13.1. The van der Waals surface area contributed by atoms with E-state index in [0.717, 1.165) is 11.0 Å². The number of hydrogen-bond donors (Lipinski definition) is 0. The summed E-state index contributed by atoms with van der Waals surface area (Å²) in [7, 11) is 0. The number of rotatable bonds is 3. The third-order valence-electron chi connectivity index (χ3n) is 4.34. The van der Waals surface area contributed by atoms with Crippen LogP contribution in [0.5, 0.6) is 0 Å². The zero-order valence-corrected chi connectivity index (χ0v) is 14.1. The number of anilines is 1. The van der Waals surface area contributed by atoms with Crippen molar-refractivity contribution >= 4 is 40.5 Å². The highest BCUT2D eigenvalue weighted by molar-refractivity contribution is 6.34. The number of halogens is 2. The fourth-order valence-electron chi connectivity index (χ4n) is 3.07. The Balaban J connectivity index is 1.71. The number of carbonyl (C=O) groups is 2. The smallest absolute Gasteiger partial charge is 0.289 e. The van der Waals surface area contributed by atoms with Gasteiger partial charge in [0.15, 0.2) is 0 Å². The van der Waals surface area contributed by atoms with Crippen molar-refractivity contribution in [3.05, 3.63) is 69.0 Å². The molecule has 2 aromatic carbocycles. The van der Waals surface area contributed by atoms with Crippen LogP contribution in [0, 0.1) is 21.8 Å². The summed E-state index contributed by atoms with van der Waals surface area (Å²) in [5.74, 6) is -2.80. The van der Waals surface area contributed by atoms with Gasteiger partial charge >= 0.3 is 0 Å². The summed E-state index contributed by atoms with van der Waals surface area (Å²) < 4.78 is 13.1. The first-order valence-electron chi connectivity index (χ1n) is 7.70. The highest BCUT2D eigenvalue weighted by Crippen LogP contribution is 2.37. The molecular formula is C17H9ClFN3O5. The van der Waals surface area contributed by atoms with Crippen LogP contribution in [-0.2, 0) is 14.4 Å². The average molecular weight is 390 g/mol. The molecule has 0 radical (unpaired) electrons. The number of nitro groups is 1. The minimum absolute atomic E-state index is 0.0116. The molecule has 136 valence electrons. The Kier molecular flexibility index (Phi) is 3.88. The van der Waals surface area contributed by atoms with Gasteiger partial charge in [-0.15, -0.1) is 0 Å². The summed E-state index contributed by atoms with van der Waals surface area (Å²) in [6, 6.07) is 8.87. The molecule has 10 heteroatoms. The number of imide groups is 1. The van der Waals surface area contributed by atoms with Crippen molar-refractivity contribution in [2.45, 2.75) is 6.10 Å². The number of oxime groups is 1. The summed E-state index contributed by atoms with van der Waals surface area (Å²) >= 11 is 5.78. The fraction of sp³-hybridized carbons (Fsp3) is 0.118. The van der Waals surface area contributed by atoms with Crippen LogP contribution in [0.25, 0.3) is 0 Å². The average Bonchev–Trinajstić information content (AvgIpc) is 3.17. The van der Waals surface area contributed by atoms with E-state index in [4.69, 9.17) is 16.4 Å². The molecule has 8 nitrogen and oxygen atoms in total. The Morgan fingerprint density at radius 1 is 1.15 bits per heavy atom. The van der Waals surface area contributed by atoms with E-state index in [2.05, 4.69) is 5.16 Å². The van der Waals surface area contributed by atoms with Gasteiger partial charge in [0.2, 0.25) is 12.0 Å². The maximum absolute atomic E-state index is 13.1. The van der Waals surface area contributed by atoms with E-state index in [1.54, 1.807) is 0 Å². The lowest BCUT2D eigenvalue weighted by molar-refractivity contribution is -0.384. The summed E-state index contributed by atoms with van der Waals surface area (Å²) in [5.41, 5.74) is 0.219.